The first-order chi connectivity index (χ1) is 19.6. The molecule has 0 saturated carbocycles. The van der Waals surface area contributed by atoms with Crippen molar-refractivity contribution in [2.24, 2.45) is 10.9 Å². The van der Waals surface area contributed by atoms with E-state index in [2.05, 4.69) is 37.3 Å². The molecule has 0 radical (unpaired) electrons. The predicted molar refractivity (Wildman–Crippen MR) is 170 cm³/mol. The van der Waals surface area contributed by atoms with Gasteiger partial charge < -0.3 is 10.4 Å². The number of hydrogen-bond donors (Lipinski definition) is 2. The number of nitrogens with zero attached hydrogens (tertiary/aromatic N) is 1. The van der Waals surface area contributed by atoms with E-state index in [9.17, 15) is 13.6 Å². The van der Waals surface area contributed by atoms with Crippen molar-refractivity contribution in [3.63, 3.8) is 0 Å². The van der Waals surface area contributed by atoms with Crippen LogP contribution in [0.4, 0.5) is 8.78 Å². The van der Waals surface area contributed by atoms with Crippen LogP contribution in [-0.2, 0) is 4.79 Å². The summed E-state index contributed by atoms with van der Waals surface area (Å²) in [7, 11) is 0. The molecule has 0 aromatic carbocycles. The highest BCUT2D eigenvalue weighted by Gasteiger charge is 2.25. The zero-order valence-electron chi connectivity index (χ0n) is 25.0. The van der Waals surface area contributed by atoms with Gasteiger partial charge in [0.15, 0.2) is 0 Å². The summed E-state index contributed by atoms with van der Waals surface area (Å²) in [5.41, 5.74) is 4.74. The van der Waals surface area contributed by atoms with Crippen molar-refractivity contribution in [2.75, 3.05) is 6.54 Å². The van der Waals surface area contributed by atoms with Crippen LogP contribution < -0.4 is 5.32 Å². The fraction of sp³-hybridized carbons (Fsp3) is 0.371. The van der Waals surface area contributed by atoms with Crippen LogP contribution in [-0.4, -0.2) is 29.9 Å². The van der Waals surface area contributed by atoms with Crippen LogP contribution in [0.15, 0.2) is 125 Å². The molecule has 2 atom stereocenters. The lowest BCUT2D eigenvalue weighted by atomic mass is 9.80. The Hall–Kier alpha value is -3.64. The van der Waals surface area contributed by atoms with E-state index in [1.54, 1.807) is 24.4 Å². The van der Waals surface area contributed by atoms with E-state index < -0.39 is 5.97 Å². The number of carbonyl (C=O) groups is 1. The number of carboxylic acid groups (broad SMARTS) is 1. The Labute approximate surface area is 245 Å². The highest BCUT2D eigenvalue weighted by Crippen LogP contribution is 2.32. The normalized spacial score (nSPS) is 20.1. The van der Waals surface area contributed by atoms with Gasteiger partial charge in [-0.3, -0.25) is 9.79 Å². The molecule has 0 aromatic heterocycles. The van der Waals surface area contributed by atoms with E-state index in [-0.39, 0.29) is 30.0 Å². The monoisotopic (exact) mass is 564 g/mol. The Bertz CT molecular complexity index is 1170. The largest absolute Gasteiger partial charge is 0.481 e. The standard InChI is InChI=1S/C35H46F2N2O2/c1-7-30(20-18-27(4)36)24-38-28(5)19-21-31(15-13-11-9-10-12-14-16-35(40)41)25-39-34-22-17-26(3)33(29(34)6)23-32(37)8-2/h7-9,11,13,15,18-21,23-24,29,34,39H,1-2,10,12,14,16-17,22,25H2,3-6H3,(H,40,41)/b11-9+,15-13+,27-18+,28-19+,30-20+,31-21+,32-23+,38-24+. The van der Waals surface area contributed by atoms with Gasteiger partial charge >= 0.3 is 5.97 Å². The minimum atomic E-state index is -0.765. The number of nitrogens with one attached hydrogen (secondary N) is 1. The quantitative estimate of drug-likeness (QED) is 0.105. The first-order valence-electron chi connectivity index (χ1n) is 14.1. The van der Waals surface area contributed by atoms with Crippen LogP contribution in [0.5, 0.6) is 0 Å². The third-order valence-corrected chi connectivity index (χ3v) is 6.74. The van der Waals surface area contributed by atoms with E-state index in [0.29, 0.717) is 18.5 Å². The van der Waals surface area contributed by atoms with Gasteiger partial charge in [0.1, 0.15) is 5.83 Å². The molecule has 0 amide bonds. The average Bonchev–Trinajstić information content (AvgIpc) is 2.93. The molecule has 6 heteroatoms. The molecule has 1 aliphatic carbocycles. The van der Waals surface area contributed by atoms with Gasteiger partial charge in [-0.1, -0.05) is 68.2 Å². The number of rotatable bonds is 17. The molecule has 0 bridgehead atoms. The summed E-state index contributed by atoms with van der Waals surface area (Å²) in [6, 6.07) is 0.194. The molecule has 0 aliphatic heterocycles. The molecule has 2 N–H and O–H groups in total. The number of allylic oxidation sites excluding steroid dienone is 15. The topological polar surface area (TPSA) is 61.7 Å². The van der Waals surface area contributed by atoms with Crippen molar-refractivity contribution < 1.29 is 18.7 Å². The Morgan fingerprint density at radius 2 is 1.85 bits per heavy atom. The number of aliphatic imine (C=N–C) groups is 1. The first-order valence-corrected chi connectivity index (χ1v) is 14.1. The predicted octanol–water partition coefficient (Wildman–Crippen LogP) is 9.37. The second-order valence-corrected chi connectivity index (χ2v) is 10.1. The van der Waals surface area contributed by atoms with E-state index in [1.807, 2.05) is 43.4 Å². The van der Waals surface area contributed by atoms with Crippen LogP contribution in [0, 0.1) is 5.92 Å². The molecule has 2 unspecified atom stereocenters. The summed E-state index contributed by atoms with van der Waals surface area (Å²) in [4.78, 5) is 15.1. The minimum Gasteiger partial charge on any atom is -0.481 e. The molecule has 4 nitrogen and oxygen atoms in total. The third-order valence-electron chi connectivity index (χ3n) is 6.74. The van der Waals surface area contributed by atoms with Crippen molar-refractivity contribution in [3.8, 4) is 0 Å². The second-order valence-electron chi connectivity index (χ2n) is 10.1. The number of unbranched alkanes of at least 4 members (excludes halogenated alkanes) is 2. The second kappa shape index (κ2) is 20.3. The van der Waals surface area contributed by atoms with E-state index in [1.165, 1.54) is 24.6 Å². The molecular weight excluding hydrogens is 518 g/mol. The molecule has 222 valence electrons. The van der Waals surface area contributed by atoms with Crippen LogP contribution in [0.1, 0.15) is 66.2 Å². The van der Waals surface area contributed by atoms with Crippen molar-refractivity contribution in [3.05, 3.63) is 120 Å². The molecule has 41 heavy (non-hydrogen) atoms. The lowest BCUT2D eigenvalue weighted by Gasteiger charge is -2.32. The Morgan fingerprint density at radius 3 is 2.51 bits per heavy atom. The summed E-state index contributed by atoms with van der Waals surface area (Å²) in [5, 5.41) is 12.4. The lowest BCUT2D eigenvalue weighted by Crippen LogP contribution is -2.39. The van der Waals surface area contributed by atoms with E-state index >= 15 is 0 Å². The fourth-order valence-electron chi connectivity index (χ4n) is 4.25. The fourth-order valence-corrected chi connectivity index (χ4v) is 4.25. The van der Waals surface area contributed by atoms with Crippen molar-refractivity contribution in [2.45, 2.75) is 72.3 Å². The van der Waals surface area contributed by atoms with E-state index in [4.69, 9.17) is 5.11 Å². The highest BCUT2D eigenvalue weighted by atomic mass is 19.1. The maximum atomic E-state index is 14.0. The van der Waals surface area contributed by atoms with Gasteiger partial charge in [0.2, 0.25) is 0 Å². The van der Waals surface area contributed by atoms with Gasteiger partial charge in [0.05, 0.1) is 5.83 Å². The van der Waals surface area contributed by atoms with Gasteiger partial charge in [0, 0.05) is 30.9 Å². The van der Waals surface area contributed by atoms with Crippen LogP contribution in [0.3, 0.4) is 0 Å². The zero-order chi connectivity index (χ0) is 30.6. The first kappa shape index (κ1) is 35.4. The number of halogens is 2. The van der Waals surface area contributed by atoms with Gasteiger partial charge in [-0.25, -0.2) is 8.78 Å². The SMILES string of the molecule is C=C/C(F)=C\C1=C(C)CCC(NCC(/C=C/C=C/CCCCC(=O)O)=C/C=C(C)/N=C/C(C=C)=C/C=C(\C)F)C1C. The van der Waals surface area contributed by atoms with Gasteiger partial charge in [0.25, 0.3) is 0 Å². The van der Waals surface area contributed by atoms with Crippen LogP contribution >= 0.6 is 0 Å². The molecule has 1 rings (SSSR count). The summed E-state index contributed by atoms with van der Waals surface area (Å²) in [6.07, 6.45) is 25.4. The summed E-state index contributed by atoms with van der Waals surface area (Å²) in [5.74, 6) is -1.23. The molecule has 0 fully saturated rings. The number of carboxylic acids is 1. The molecule has 0 saturated heterocycles. The maximum absolute atomic E-state index is 14.0. The number of aliphatic carboxylic acids is 1. The van der Waals surface area contributed by atoms with E-state index in [0.717, 1.165) is 42.5 Å². The number of hydrogen-bond acceptors (Lipinski definition) is 3. The molecule has 1 aliphatic rings. The summed E-state index contributed by atoms with van der Waals surface area (Å²) < 4.78 is 27.0. The van der Waals surface area contributed by atoms with Crippen molar-refractivity contribution in [1.29, 1.82) is 0 Å². The Balaban J connectivity index is 3.04. The van der Waals surface area contributed by atoms with Crippen LogP contribution in [0.2, 0.25) is 0 Å². The maximum Gasteiger partial charge on any atom is 0.303 e. The minimum absolute atomic E-state index is 0.151. The zero-order valence-corrected chi connectivity index (χ0v) is 25.0. The van der Waals surface area contributed by atoms with Crippen molar-refractivity contribution in [1.82, 2.24) is 5.32 Å². The third kappa shape index (κ3) is 15.7. The lowest BCUT2D eigenvalue weighted by molar-refractivity contribution is -0.137. The van der Waals surface area contributed by atoms with Crippen LogP contribution in [0.25, 0.3) is 0 Å². The smallest absolute Gasteiger partial charge is 0.303 e. The Kier molecular flexibility index (Phi) is 17.5. The Morgan fingerprint density at radius 1 is 1.10 bits per heavy atom. The van der Waals surface area contributed by atoms with Gasteiger partial charge in [-0.15, -0.1) is 0 Å². The molecule has 0 heterocycles. The molecule has 0 aromatic rings. The molecular formula is C35H46F2N2O2. The summed E-state index contributed by atoms with van der Waals surface area (Å²) in [6.45, 7) is 15.3. The van der Waals surface area contributed by atoms with Crippen molar-refractivity contribution >= 4 is 12.2 Å². The van der Waals surface area contributed by atoms with Gasteiger partial charge in [-0.05, 0) is 99.8 Å². The summed E-state index contributed by atoms with van der Waals surface area (Å²) >= 11 is 0. The average molecular weight is 565 g/mol. The molecule has 0 spiro atoms. The highest BCUT2D eigenvalue weighted by molar-refractivity contribution is 5.83. The van der Waals surface area contributed by atoms with Gasteiger partial charge in [-0.2, -0.15) is 0 Å².